The van der Waals surface area contributed by atoms with E-state index in [0.29, 0.717) is 30.6 Å². The van der Waals surface area contributed by atoms with Gasteiger partial charge >= 0.3 is 6.03 Å². The van der Waals surface area contributed by atoms with Crippen molar-refractivity contribution >= 4 is 17.6 Å². The van der Waals surface area contributed by atoms with E-state index in [1.54, 1.807) is 4.90 Å². The molecule has 0 saturated carbocycles. The highest BCUT2D eigenvalue weighted by Gasteiger charge is 2.21. The van der Waals surface area contributed by atoms with E-state index in [9.17, 15) is 9.90 Å². The largest absolute Gasteiger partial charge is 0.395 e. The van der Waals surface area contributed by atoms with Crippen LogP contribution in [0.2, 0.25) is 5.02 Å². The van der Waals surface area contributed by atoms with E-state index in [-0.39, 0.29) is 12.6 Å². The molecule has 0 unspecified atom stereocenters. The molecule has 1 aromatic rings. The number of urea groups is 1. The number of carbonyl (C=O) groups is 1. The number of halogens is 1. The first-order valence-corrected chi connectivity index (χ1v) is 9.11. The van der Waals surface area contributed by atoms with Crippen LogP contribution in [0.4, 0.5) is 4.79 Å². The summed E-state index contributed by atoms with van der Waals surface area (Å²) in [5, 5.41) is 12.9. The van der Waals surface area contributed by atoms with Gasteiger partial charge in [-0.25, -0.2) is 4.79 Å². The number of nitrogens with zero attached hydrogens (tertiary/aromatic N) is 2. The number of likely N-dealkylation sites (tertiary alicyclic amines) is 1. The molecular formula is C18H28ClN3O2. The highest BCUT2D eigenvalue weighted by atomic mass is 35.5. The maximum Gasteiger partial charge on any atom is 0.317 e. The fourth-order valence-corrected chi connectivity index (χ4v) is 3.35. The van der Waals surface area contributed by atoms with E-state index in [2.05, 4.69) is 17.1 Å². The number of piperidine rings is 1. The van der Waals surface area contributed by atoms with Crippen molar-refractivity contribution in [2.24, 2.45) is 5.92 Å². The van der Waals surface area contributed by atoms with Crippen LogP contribution in [-0.4, -0.2) is 60.3 Å². The van der Waals surface area contributed by atoms with Crippen LogP contribution < -0.4 is 5.32 Å². The molecule has 1 aliphatic heterocycles. The molecule has 1 aromatic carbocycles. The Kier molecular flexibility index (Phi) is 7.82. The smallest absolute Gasteiger partial charge is 0.317 e. The van der Waals surface area contributed by atoms with E-state index in [1.165, 1.54) is 6.42 Å². The van der Waals surface area contributed by atoms with Gasteiger partial charge in [-0.2, -0.15) is 0 Å². The number of hydrogen-bond acceptors (Lipinski definition) is 3. The number of benzene rings is 1. The molecule has 5 nitrogen and oxygen atoms in total. The third-order valence-corrected chi connectivity index (χ3v) is 4.94. The number of aliphatic hydroxyl groups is 1. The van der Waals surface area contributed by atoms with Crippen molar-refractivity contribution in [3.05, 3.63) is 34.9 Å². The highest BCUT2D eigenvalue weighted by molar-refractivity contribution is 6.31. The highest BCUT2D eigenvalue weighted by Crippen LogP contribution is 2.18. The van der Waals surface area contributed by atoms with Gasteiger partial charge in [-0.1, -0.05) is 36.7 Å². The Balaban J connectivity index is 1.88. The van der Waals surface area contributed by atoms with Gasteiger partial charge in [0, 0.05) is 31.2 Å². The molecule has 0 spiro atoms. The van der Waals surface area contributed by atoms with Crippen molar-refractivity contribution in [3.8, 4) is 0 Å². The van der Waals surface area contributed by atoms with Crippen LogP contribution in [-0.2, 0) is 6.54 Å². The number of amides is 2. The van der Waals surface area contributed by atoms with Crippen LogP contribution in [0.25, 0.3) is 0 Å². The van der Waals surface area contributed by atoms with Gasteiger partial charge in [0.25, 0.3) is 0 Å². The summed E-state index contributed by atoms with van der Waals surface area (Å²) >= 11 is 6.18. The topological polar surface area (TPSA) is 55.8 Å². The summed E-state index contributed by atoms with van der Waals surface area (Å²) in [6.45, 7) is 6.75. The Morgan fingerprint density at radius 3 is 2.96 bits per heavy atom. The Morgan fingerprint density at radius 2 is 2.25 bits per heavy atom. The third kappa shape index (κ3) is 5.65. The second-order valence-corrected chi connectivity index (χ2v) is 6.73. The van der Waals surface area contributed by atoms with Gasteiger partial charge in [0.1, 0.15) is 0 Å². The molecule has 0 bridgehead atoms. The van der Waals surface area contributed by atoms with Gasteiger partial charge < -0.3 is 20.2 Å². The Bertz CT molecular complexity index is 527. The molecule has 1 fully saturated rings. The Morgan fingerprint density at radius 1 is 1.46 bits per heavy atom. The molecule has 0 radical (unpaired) electrons. The summed E-state index contributed by atoms with van der Waals surface area (Å²) in [6.07, 6.45) is 2.34. The minimum Gasteiger partial charge on any atom is -0.395 e. The molecule has 1 heterocycles. The minimum atomic E-state index is -0.141. The van der Waals surface area contributed by atoms with Crippen molar-refractivity contribution in [2.45, 2.75) is 26.3 Å². The molecule has 0 aromatic heterocycles. The zero-order chi connectivity index (χ0) is 17.4. The lowest BCUT2D eigenvalue weighted by molar-refractivity contribution is 0.160. The van der Waals surface area contributed by atoms with E-state index < -0.39 is 0 Å². The first-order valence-electron chi connectivity index (χ1n) is 8.73. The SMILES string of the molecule is CCN1CCC[C@H](CNC(=O)N(CCO)Cc2ccccc2Cl)C1. The first kappa shape index (κ1) is 19.0. The monoisotopic (exact) mass is 353 g/mol. The molecule has 2 rings (SSSR count). The number of rotatable bonds is 7. The van der Waals surface area contributed by atoms with Crippen molar-refractivity contribution in [3.63, 3.8) is 0 Å². The summed E-state index contributed by atoms with van der Waals surface area (Å²) in [5.41, 5.74) is 0.887. The van der Waals surface area contributed by atoms with E-state index >= 15 is 0 Å². The zero-order valence-corrected chi connectivity index (χ0v) is 15.1. The molecule has 134 valence electrons. The number of nitrogens with one attached hydrogen (secondary N) is 1. The molecule has 1 saturated heterocycles. The maximum atomic E-state index is 12.5. The molecule has 2 amide bonds. The zero-order valence-electron chi connectivity index (χ0n) is 14.4. The normalized spacial score (nSPS) is 18.4. The average Bonchev–Trinajstić information content (AvgIpc) is 2.61. The number of aliphatic hydroxyl groups excluding tert-OH is 1. The molecule has 0 aliphatic carbocycles. The fourth-order valence-electron chi connectivity index (χ4n) is 3.15. The summed E-state index contributed by atoms with van der Waals surface area (Å²) < 4.78 is 0. The maximum absolute atomic E-state index is 12.5. The first-order chi connectivity index (χ1) is 11.6. The lowest BCUT2D eigenvalue weighted by Gasteiger charge is -2.32. The summed E-state index contributed by atoms with van der Waals surface area (Å²) in [5.74, 6) is 0.499. The molecule has 1 atom stereocenters. The second kappa shape index (κ2) is 9.87. The number of hydrogen-bond donors (Lipinski definition) is 2. The lowest BCUT2D eigenvalue weighted by atomic mass is 9.98. The minimum absolute atomic E-state index is 0.0646. The predicted octanol–water partition coefficient (Wildman–Crippen LogP) is 2.58. The second-order valence-electron chi connectivity index (χ2n) is 6.32. The Hall–Kier alpha value is -1.30. The van der Waals surface area contributed by atoms with Crippen LogP contribution in [0.15, 0.2) is 24.3 Å². The molecule has 6 heteroatoms. The lowest BCUT2D eigenvalue weighted by Crippen LogP contribution is -2.45. The van der Waals surface area contributed by atoms with Crippen molar-refractivity contribution in [1.82, 2.24) is 15.1 Å². The molecule has 24 heavy (non-hydrogen) atoms. The number of carbonyl (C=O) groups excluding carboxylic acids is 1. The van der Waals surface area contributed by atoms with E-state index in [0.717, 1.165) is 31.6 Å². The summed E-state index contributed by atoms with van der Waals surface area (Å²) in [6, 6.07) is 7.34. The van der Waals surface area contributed by atoms with Crippen LogP contribution in [0, 0.1) is 5.92 Å². The van der Waals surface area contributed by atoms with Gasteiger partial charge in [0.15, 0.2) is 0 Å². The summed E-state index contributed by atoms with van der Waals surface area (Å²) in [4.78, 5) is 16.5. The molecule has 2 N–H and O–H groups in total. The van der Waals surface area contributed by atoms with Crippen molar-refractivity contribution in [2.75, 3.05) is 39.3 Å². The predicted molar refractivity (Wildman–Crippen MR) is 97.2 cm³/mol. The summed E-state index contributed by atoms with van der Waals surface area (Å²) in [7, 11) is 0. The fraction of sp³-hybridized carbons (Fsp3) is 0.611. The van der Waals surface area contributed by atoms with E-state index in [1.807, 2.05) is 24.3 Å². The van der Waals surface area contributed by atoms with E-state index in [4.69, 9.17) is 11.6 Å². The van der Waals surface area contributed by atoms with Gasteiger partial charge in [0.05, 0.1) is 6.61 Å². The molecule has 1 aliphatic rings. The van der Waals surface area contributed by atoms with Crippen molar-refractivity contribution < 1.29 is 9.90 Å². The van der Waals surface area contributed by atoms with Crippen LogP contribution >= 0.6 is 11.6 Å². The van der Waals surface area contributed by atoms with Crippen molar-refractivity contribution in [1.29, 1.82) is 0 Å². The molecular weight excluding hydrogens is 326 g/mol. The van der Waals surface area contributed by atoms with Gasteiger partial charge in [-0.3, -0.25) is 0 Å². The third-order valence-electron chi connectivity index (χ3n) is 4.57. The van der Waals surface area contributed by atoms with Gasteiger partial charge in [-0.05, 0) is 43.5 Å². The quantitative estimate of drug-likeness (QED) is 0.792. The van der Waals surface area contributed by atoms with Gasteiger partial charge in [-0.15, -0.1) is 0 Å². The van der Waals surface area contributed by atoms with Crippen LogP contribution in [0.1, 0.15) is 25.3 Å². The standard InChI is InChI=1S/C18H28ClN3O2/c1-2-21-9-5-6-15(13-21)12-20-18(24)22(10-11-23)14-16-7-3-4-8-17(16)19/h3-4,7-8,15,23H,2,5-6,9-14H2,1H3,(H,20,24)/t15-/m1/s1. The Labute approximate surface area is 149 Å². The average molecular weight is 354 g/mol. The van der Waals surface area contributed by atoms with Crippen LogP contribution in [0.5, 0.6) is 0 Å². The van der Waals surface area contributed by atoms with Gasteiger partial charge in [0.2, 0.25) is 0 Å². The van der Waals surface area contributed by atoms with Crippen LogP contribution in [0.3, 0.4) is 0 Å².